The van der Waals surface area contributed by atoms with E-state index in [0.29, 0.717) is 15.6 Å². The smallest absolute Gasteiger partial charge is 0.343 e. The van der Waals surface area contributed by atoms with Crippen LogP contribution in [0.1, 0.15) is 5.56 Å². The second-order valence-corrected chi connectivity index (χ2v) is 8.87. The zero-order valence-corrected chi connectivity index (χ0v) is 18.9. The number of fused-ring (bicyclic) bond motifs is 1. The molecular weight excluding hydrogens is 451 g/mol. The first kappa shape index (κ1) is 22.4. The van der Waals surface area contributed by atoms with Crippen molar-refractivity contribution in [3.05, 3.63) is 72.0 Å². The van der Waals surface area contributed by atoms with Gasteiger partial charge in [0.15, 0.2) is 23.1 Å². The third kappa shape index (κ3) is 3.82. The SMILES string of the molecule is COc1ccc(CN2C(=O)N(c3ccc(OC)c(OC)c3)S(=O)(=O)c3ccccc32)cc1F. The quantitative estimate of drug-likeness (QED) is 0.535. The van der Waals surface area contributed by atoms with Gasteiger partial charge < -0.3 is 14.2 Å². The minimum absolute atomic E-state index is 0.0478. The van der Waals surface area contributed by atoms with Crippen LogP contribution in [-0.2, 0) is 16.6 Å². The number of carbonyl (C=O) groups is 1. The number of hydrogen-bond donors (Lipinski definition) is 0. The molecule has 0 unspecified atom stereocenters. The van der Waals surface area contributed by atoms with Gasteiger partial charge in [-0.25, -0.2) is 17.6 Å². The molecule has 172 valence electrons. The Labute approximate surface area is 190 Å². The summed E-state index contributed by atoms with van der Waals surface area (Å²) in [5.41, 5.74) is 0.747. The van der Waals surface area contributed by atoms with Crippen molar-refractivity contribution in [2.45, 2.75) is 11.4 Å². The molecule has 33 heavy (non-hydrogen) atoms. The fourth-order valence-electron chi connectivity index (χ4n) is 3.66. The molecule has 1 aliphatic rings. The topological polar surface area (TPSA) is 85.4 Å². The summed E-state index contributed by atoms with van der Waals surface area (Å²) in [5, 5.41) is 0. The van der Waals surface area contributed by atoms with Gasteiger partial charge in [0.2, 0.25) is 0 Å². The molecule has 0 N–H and O–H groups in total. The molecule has 8 nitrogen and oxygen atoms in total. The minimum atomic E-state index is -4.22. The minimum Gasteiger partial charge on any atom is -0.494 e. The zero-order chi connectivity index (χ0) is 23.8. The monoisotopic (exact) mass is 472 g/mol. The zero-order valence-electron chi connectivity index (χ0n) is 18.1. The summed E-state index contributed by atoms with van der Waals surface area (Å²) in [6.45, 7) is -0.0595. The van der Waals surface area contributed by atoms with Crippen molar-refractivity contribution in [1.29, 1.82) is 0 Å². The average molecular weight is 472 g/mol. The number of urea groups is 1. The van der Waals surface area contributed by atoms with E-state index in [1.54, 1.807) is 18.2 Å². The van der Waals surface area contributed by atoms with Crippen molar-refractivity contribution in [3.8, 4) is 17.2 Å². The Morgan fingerprint density at radius 1 is 0.848 bits per heavy atom. The fourth-order valence-corrected chi connectivity index (χ4v) is 5.24. The molecule has 0 aliphatic carbocycles. The van der Waals surface area contributed by atoms with Gasteiger partial charge in [-0.05, 0) is 42.0 Å². The molecule has 3 aromatic rings. The number of benzene rings is 3. The van der Waals surface area contributed by atoms with Crippen LogP contribution in [0.15, 0.2) is 65.6 Å². The first-order chi connectivity index (χ1) is 15.8. The number of sulfonamides is 1. The highest BCUT2D eigenvalue weighted by Crippen LogP contribution is 2.40. The second kappa shape index (κ2) is 8.62. The standard InChI is InChI=1S/C23H21FN2O6S/c1-30-19-10-8-15(12-17(19)24)14-25-18-6-4-5-7-22(18)33(28,29)26(23(25)27)16-9-11-20(31-2)21(13-16)32-3/h4-13H,14H2,1-3H3. The van der Waals surface area contributed by atoms with Crippen molar-refractivity contribution in [1.82, 2.24) is 0 Å². The Bertz CT molecular complexity index is 1330. The van der Waals surface area contributed by atoms with Crippen molar-refractivity contribution in [3.63, 3.8) is 0 Å². The predicted molar refractivity (Wildman–Crippen MR) is 120 cm³/mol. The summed E-state index contributed by atoms with van der Waals surface area (Å²) in [6, 6.07) is 14.1. The van der Waals surface area contributed by atoms with Crippen LogP contribution in [0.4, 0.5) is 20.6 Å². The van der Waals surface area contributed by atoms with Gasteiger partial charge in [-0.1, -0.05) is 18.2 Å². The third-order valence-electron chi connectivity index (χ3n) is 5.24. The van der Waals surface area contributed by atoms with Crippen molar-refractivity contribution in [2.24, 2.45) is 0 Å². The summed E-state index contributed by atoms with van der Waals surface area (Å²) in [5.74, 6) is 0.130. The molecule has 0 atom stereocenters. The molecule has 3 aromatic carbocycles. The van der Waals surface area contributed by atoms with E-state index in [0.717, 1.165) is 0 Å². The van der Waals surface area contributed by atoms with Crippen molar-refractivity contribution in [2.75, 3.05) is 30.5 Å². The van der Waals surface area contributed by atoms with E-state index in [9.17, 15) is 17.6 Å². The van der Waals surface area contributed by atoms with Crippen LogP contribution in [0, 0.1) is 5.82 Å². The number of nitrogens with zero attached hydrogens (tertiary/aromatic N) is 2. The lowest BCUT2D eigenvalue weighted by Gasteiger charge is -2.36. The van der Waals surface area contributed by atoms with Crippen molar-refractivity contribution >= 4 is 27.4 Å². The number of halogens is 1. The largest absolute Gasteiger partial charge is 0.494 e. The molecule has 0 radical (unpaired) electrons. The maximum atomic E-state index is 14.3. The van der Waals surface area contributed by atoms with E-state index in [1.807, 2.05) is 0 Å². The summed E-state index contributed by atoms with van der Waals surface area (Å²) in [4.78, 5) is 14.8. The van der Waals surface area contributed by atoms with Crippen molar-refractivity contribution < 1.29 is 31.8 Å². The Morgan fingerprint density at radius 2 is 1.52 bits per heavy atom. The van der Waals surface area contributed by atoms with Crippen LogP contribution >= 0.6 is 0 Å². The molecule has 4 rings (SSSR count). The number of carbonyl (C=O) groups excluding carboxylic acids is 1. The molecule has 10 heteroatoms. The normalized spacial score (nSPS) is 14.6. The highest BCUT2D eigenvalue weighted by molar-refractivity contribution is 7.94. The first-order valence-corrected chi connectivity index (χ1v) is 11.3. The molecule has 0 aromatic heterocycles. The third-order valence-corrected chi connectivity index (χ3v) is 6.99. The number of methoxy groups -OCH3 is 3. The van der Waals surface area contributed by atoms with Gasteiger partial charge in [0.05, 0.1) is 39.2 Å². The highest BCUT2D eigenvalue weighted by atomic mass is 32.2. The summed E-state index contributed by atoms with van der Waals surface area (Å²) in [7, 11) is -0.00510. The molecule has 1 heterocycles. The molecular formula is C23H21FN2O6S. The van der Waals surface area contributed by atoms with Gasteiger partial charge in [0, 0.05) is 6.07 Å². The number of hydrogen-bond acceptors (Lipinski definition) is 6. The van der Waals surface area contributed by atoms with Gasteiger partial charge in [0.25, 0.3) is 10.0 Å². The van der Waals surface area contributed by atoms with E-state index in [-0.39, 0.29) is 34.3 Å². The van der Waals surface area contributed by atoms with Gasteiger partial charge in [-0.2, -0.15) is 4.31 Å². The van der Waals surface area contributed by atoms with Gasteiger partial charge in [-0.15, -0.1) is 0 Å². The van der Waals surface area contributed by atoms with E-state index in [4.69, 9.17) is 14.2 Å². The van der Waals surface area contributed by atoms with Crippen LogP contribution in [0.2, 0.25) is 0 Å². The van der Waals surface area contributed by atoms with Gasteiger partial charge in [0.1, 0.15) is 4.90 Å². The number of amides is 2. The fraction of sp³-hybridized carbons (Fsp3) is 0.174. The van der Waals surface area contributed by atoms with Gasteiger partial charge in [-0.3, -0.25) is 4.90 Å². The van der Waals surface area contributed by atoms with E-state index >= 15 is 0 Å². The summed E-state index contributed by atoms with van der Waals surface area (Å²) in [6.07, 6.45) is 0. The molecule has 0 saturated carbocycles. The Kier molecular flexibility index (Phi) is 5.86. The van der Waals surface area contributed by atoms with Crippen LogP contribution in [0.5, 0.6) is 17.2 Å². The van der Waals surface area contributed by atoms with Crippen LogP contribution < -0.4 is 23.4 Å². The average Bonchev–Trinajstić information content (AvgIpc) is 2.81. The number of ether oxygens (including phenoxy) is 3. The Balaban J connectivity index is 1.83. The summed E-state index contributed by atoms with van der Waals surface area (Å²) < 4.78 is 57.3. The molecule has 0 spiro atoms. The Morgan fingerprint density at radius 3 is 2.18 bits per heavy atom. The van der Waals surface area contributed by atoms with E-state index < -0.39 is 21.9 Å². The Hall–Kier alpha value is -3.79. The van der Waals surface area contributed by atoms with Gasteiger partial charge >= 0.3 is 6.03 Å². The molecule has 0 saturated heterocycles. The maximum absolute atomic E-state index is 14.3. The summed E-state index contributed by atoms with van der Waals surface area (Å²) >= 11 is 0. The molecule has 2 amide bonds. The molecule has 1 aliphatic heterocycles. The second-order valence-electron chi connectivity index (χ2n) is 7.11. The lowest BCUT2D eigenvalue weighted by molar-refractivity contribution is 0.253. The first-order valence-electron chi connectivity index (χ1n) is 9.82. The van der Waals surface area contributed by atoms with Crippen LogP contribution in [-0.4, -0.2) is 35.8 Å². The van der Waals surface area contributed by atoms with E-state index in [2.05, 4.69) is 0 Å². The highest BCUT2D eigenvalue weighted by Gasteiger charge is 2.42. The number of anilines is 2. The van der Waals surface area contributed by atoms with Crippen LogP contribution in [0.3, 0.4) is 0 Å². The van der Waals surface area contributed by atoms with E-state index in [1.165, 1.54) is 68.7 Å². The lowest BCUT2D eigenvalue weighted by atomic mass is 10.1. The molecule has 0 bridgehead atoms. The van der Waals surface area contributed by atoms with Crippen LogP contribution in [0.25, 0.3) is 0 Å². The maximum Gasteiger partial charge on any atom is 0.343 e. The molecule has 0 fully saturated rings. The predicted octanol–water partition coefficient (Wildman–Crippen LogP) is 4.19. The number of rotatable bonds is 6. The number of para-hydroxylation sites is 1. The lowest BCUT2D eigenvalue weighted by Crippen LogP contribution is -2.50.